The Bertz CT molecular complexity index is 399. The van der Waals surface area contributed by atoms with Gasteiger partial charge in [0, 0.05) is 24.9 Å². The number of hydrogen-bond acceptors (Lipinski definition) is 3. The van der Waals surface area contributed by atoms with Crippen LogP contribution in [0.25, 0.3) is 0 Å². The smallest absolute Gasteiger partial charge is 0.120 e. The minimum absolute atomic E-state index is 0.652. The van der Waals surface area contributed by atoms with Gasteiger partial charge in [0.05, 0.1) is 13.7 Å². The molecule has 17 heavy (non-hydrogen) atoms. The second-order valence-corrected chi connectivity index (χ2v) is 4.90. The topological polar surface area (TPSA) is 30.5 Å². The Morgan fingerprint density at radius 2 is 2.29 bits per heavy atom. The van der Waals surface area contributed by atoms with E-state index in [1.807, 2.05) is 0 Å². The van der Waals surface area contributed by atoms with E-state index >= 15 is 0 Å². The zero-order valence-corrected chi connectivity index (χ0v) is 10.2. The van der Waals surface area contributed by atoms with E-state index < -0.39 is 0 Å². The molecule has 0 amide bonds. The Hall–Kier alpha value is -1.22. The lowest BCUT2D eigenvalue weighted by molar-refractivity contribution is 0.179. The molecular weight excluding hydrogens is 214 g/mol. The van der Waals surface area contributed by atoms with Crippen LogP contribution in [0.5, 0.6) is 5.75 Å². The summed E-state index contributed by atoms with van der Waals surface area (Å²) in [6.07, 6.45) is 2.42. The van der Waals surface area contributed by atoms with Gasteiger partial charge in [0.2, 0.25) is 0 Å². The second kappa shape index (κ2) is 4.57. The molecule has 0 bridgehead atoms. The van der Waals surface area contributed by atoms with Gasteiger partial charge in [-0.05, 0) is 36.3 Å². The van der Waals surface area contributed by atoms with Gasteiger partial charge in [-0.15, -0.1) is 0 Å². The Labute approximate surface area is 102 Å². The summed E-state index contributed by atoms with van der Waals surface area (Å²) < 4.78 is 10.8. The Balaban J connectivity index is 1.90. The fraction of sp³-hybridized carbons (Fsp3) is 0.571. The molecule has 3 nitrogen and oxygen atoms in total. The summed E-state index contributed by atoms with van der Waals surface area (Å²) in [5, 5.41) is 3.47. The minimum atomic E-state index is 0.652. The molecule has 0 radical (unpaired) electrons. The highest BCUT2D eigenvalue weighted by molar-refractivity contribution is 5.58. The lowest BCUT2D eigenvalue weighted by Crippen LogP contribution is -2.23. The van der Waals surface area contributed by atoms with E-state index in [0.29, 0.717) is 11.8 Å². The Kier molecular flexibility index (Phi) is 2.93. The van der Waals surface area contributed by atoms with E-state index in [9.17, 15) is 0 Å². The number of fused-ring (bicyclic) bond motifs is 1. The molecular formula is C14H19NO2. The van der Waals surface area contributed by atoms with Crippen LogP contribution < -0.4 is 10.1 Å². The Morgan fingerprint density at radius 1 is 1.35 bits per heavy atom. The molecule has 1 fully saturated rings. The zero-order valence-electron chi connectivity index (χ0n) is 10.2. The predicted molar refractivity (Wildman–Crippen MR) is 67.8 cm³/mol. The van der Waals surface area contributed by atoms with Crippen molar-refractivity contribution in [3.8, 4) is 5.75 Å². The highest BCUT2D eigenvalue weighted by Crippen LogP contribution is 2.41. The van der Waals surface area contributed by atoms with Crippen molar-refractivity contribution in [3.05, 3.63) is 23.8 Å². The van der Waals surface area contributed by atoms with Crippen LogP contribution in [0, 0.1) is 5.92 Å². The van der Waals surface area contributed by atoms with E-state index in [-0.39, 0.29) is 0 Å². The van der Waals surface area contributed by atoms with E-state index in [1.165, 1.54) is 24.1 Å². The maximum atomic E-state index is 5.53. The van der Waals surface area contributed by atoms with Crippen molar-refractivity contribution in [2.75, 3.05) is 32.2 Å². The highest BCUT2D eigenvalue weighted by atomic mass is 16.5. The summed E-state index contributed by atoms with van der Waals surface area (Å²) in [6, 6.07) is 6.38. The van der Waals surface area contributed by atoms with Crippen LogP contribution in [0.3, 0.4) is 0 Å². The normalized spacial score (nSPS) is 27.4. The largest absolute Gasteiger partial charge is 0.497 e. The Morgan fingerprint density at radius 3 is 3.06 bits per heavy atom. The number of nitrogens with one attached hydrogen (secondary N) is 1. The van der Waals surface area contributed by atoms with Crippen LogP contribution in [-0.2, 0) is 4.74 Å². The first-order valence-electron chi connectivity index (χ1n) is 6.38. The van der Waals surface area contributed by atoms with Crippen molar-refractivity contribution in [2.45, 2.75) is 18.8 Å². The van der Waals surface area contributed by atoms with Gasteiger partial charge < -0.3 is 14.8 Å². The molecule has 3 heteroatoms. The van der Waals surface area contributed by atoms with E-state index in [2.05, 4.69) is 23.5 Å². The third-order valence-electron chi connectivity index (χ3n) is 3.96. The average molecular weight is 233 g/mol. The van der Waals surface area contributed by atoms with Crippen LogP contribution in [0.1, 0.15) is 24.3 Å². The number of methoxy groups -OCH3 is 1. The number of benzene rings is 1. The summed E-state index contributed by atoms with van der Waals surface area (Å²) in [7, 11) is 1.72. The first-order chi connectivity index (χ1) is 8.38. The molecule has 3 rings (SSSR count). The molecule has 2 atom stereocenters. The molecule has 0 saturated carbocycles. The SMILES string of the molecule is COc1ccc2c(c1)NCCC2C1CCOC1. The number of ether oxygens (including phenoxy) is 2. The fourth-order valence-corrected chi connectivity index (χ4v) is 3.02. The average Bonchev–Trinajstić information content (AvgIpc) is 2.91. The van der Waals surface area contributed by atoms with Gasteiger partial charge in [0.25, 0.3) is 0 Å². The van der Waals surface area contributed by atoms with Gasteiger partial charge in [0.1, 0.15) is 5.75 Å². The molecule has 0 aliphatic carbocycles. The molecule has 2 unspecified atom stereocenters. The van der Waals surface area contributed by atoms with E-state index in [1.54, 1.807) is 7.11 Å². The summed E-state index contributed by atoms with van der Waals surface area (Å²) >= 11 is 0. The molecule has 2 aliphatic heterocycles. The van der Waals surface area contributed by atoms with Crippen molar-refractivity contribution in [2.24, 2.45) is 5.92 Å². The van der Waals surface area contributed by atoms with Crippen LogP contribution in [0.2, 0.25) is 0 Å². The third kappa shape index (κ3) is 2.00. The maximum Gasteiger partial charge on any atom is 0.120 e. The van der Waals surface area contributed by atoms with Crippen LogP contribution in [0.4, 0.5) is 5.69 Å². The van der Waals surface area contributed by atoms with Gasteiger partial charge in [-0.2, -0.15) is 0 Å². The molecule has 1 N–H and O–H groups in total. The monoisotopic (exact) mass is 233 g/mol. The first kappa shape index (κ1) is 10.9. The zero-order chi connectivity index (χ0) is 11.7. The third-order valence-corrected chi connectivity index (χ3v) is 3.96. The van der Waals surface area contributed by atoms with Gasteiger partial charge in [0.15, 0.2) is 0 Å². The van der Waals surface area contributed by atoms with E-state index in [0.717, 1.165) is 25.5 Å². The predicted octanol–water partition coefficient (Wildman–Crippen LogP) is 2.63. The quantitative estimate of drug-likeness (QED) is 0.851. The van der Waals surface area contributed by atoms with Crippen molar-refractivity contribution in [3.63, 3.8) is 0 Å². The highest BCUT2D eigenvalue weighted by Gasteiger charge is 2.30. The number of rotatable bonds is 2. The van der Waals surface area contributed by atoms with Gasteiger partial charge in [-0.3, -0.25) is 0 Å². The van der Waals surface area contributed by atoms with Crippen molar-refractivity contribution in [1.29, 1.82) is 0 Å². The first-order valence-corrected chi connectivity index (χ1v) is 6.38. The van der Waals surface area contributed by atoms with Gasteiger partial charge >= 0.3 is 0 Å². The molecule has 1 aromatic carbocycles. The maximum absolute atomic E-state index is 5.53. The van der Waals surface area contributed by atoms with Crippen LogP contribution >= 0.6 is 0 Å². The van der Waals surface area contributed by atoms with Crippen LogP contribution in [0.15, 0.2) is 18.2 Å². The number of anilines is 1. The molecule has 2 heterocycles. The number of hydrogen-bond donors (Lipinski definition) is 1. The van der Waals surface area contributed by atoms with Crippen LogP contribution in [-0.4, -0.2) is 26.9 Å². The molecule has 2 aliphatic rings. The van der Waals surface area contributed by atoms with E-state index in [4.69, 9.17) is 9.47 Å². The van der Waals surface area contributed by atoms with Crippen molar-refractivity contribution < 1.29 is 9.47 Å². The summed E-state index contributed by atoms with van der Waals surface area (Å²) in [6.45, 7) is 2.91. The van der Waals surface area contributed by atoms with Gasteiger partial charge in [-0.1, -0.05) is 6.07 Å². The van der Waals surface area contributed by atoms with Gasteiger partial charge in [-0.25, -0.2) is 0 Å². The van der Waals surface area contributed by atoms with Crippen molar-refractivity contribution in [1.82, 2.24) is 0 Å². The summed E-state index contributed by atoms with van der Waals surface area (Å²) in [4.78, 5) is 0. The molecule has 0 spiro atoms. The lowest BCUT2D eigenvalue weighted by Gasteiger charge is -2.30. The standard InChI is InChI=1S/C14H19NO2/c1-16-11-2-3-13-12(10-5-7-17-9-10)4-6-15-14(13)8-11/h2-3,8,10,12,15H,4-7,9H2,1H3. The second-order valence-electron chi connectivity index (χ2n) is 4.90. The summed E-state index contributed by atoms with van der Waals surface area (Å²) in [5.41, 5.74) is 2.68. The van der Waals surface area contributed by atoms with Crippen molar-refractivity contribution >= 4 is 5.69 Å². The summed E-state index contributed by atoms with van der Waals surface area (Å²) in [5.74, 6) is 2.28. The lowest BCUT2D eigenvalue weighted by atomic mass is 9.80. The molecule has 1 saturated heterocycles. The molecule has 1 aromatic rings. The molecule has 0 aromatic heterocycles. The minimum Gasteiger partial charge on any atom is -0.497 e. The molecule has 92 valence electrons. The fourth-order valence-electron chi connectivity index (χ4n) is 3.02.